The highest BCUT2D eigenvalue weighted by Gasteiger charge is 2.26. The van der Waals surface area contributed by atoms with Crippen LogP contribution in [0, 0.1) is 0 Å². The van der Waals surface area contributed by atoms with Crippen molar-refractivity contribution in [2.45, 2.75) is 18.9 Å². The molecule has 28 heavy (non-hydrogen) atoms. The molecule has 0 aromatic heterocycles. The van der Waals surface area contributed by atoms with Gasteiger partial charge in [0.1, 0.15) is 11.5 Å². The van der Waals surface area contributed by atoms with Crippen LogP contribution in [-0.2, 0) is 4.79 Å². The Morgan fingerprint density at radius 1 is 0.929 bits per heavy atom. The molecule has 1 heterocycles. The van der Waals surface area contributed by atoms with Gasteiger partial charge in [-0.25, -0.2) is 0 Å². The van der Waals surface area contributed by atoms with Gasteiger partial charge in [0, 0.05) is 37.8 Å². The van der Waals surface area contributed by atoms with Gasteiger partial charge >= 0.3 is 0 Å². The monoisotopic (exact) mass is 379 g/mol. The zero-order chi connectivity index (χ0) is 19.3. The number of carbonyl (C=O) groups excluding carboxylic acids is 2. The van der Waals surface area contributed by atoms with E-state index in [-0.39, 0.29) is 11.8 Å². The summed E-state index contributed by atoms with van der Waals surface area (Å²) in [6, 6.07) is 17.2. The Morgan fingerprint density at radius 3 is 2.36 bits per heavy atom. The second-order valence-corrected chi connectivity index (χ2v) is 7.35. The van der Waals surface area contributed by atoms with Crippen LogP contribution >= 0.6 is 0 Å². The highest BCUT2D eigenvalue weighted by atomic mass is 16.5. The van der Waals surface area contributed by atoms with Gasteiger partial charge in [-0.1, -0.05) is 24.3 Å². The van der Waals surface area contributed by atoms with E-state index in [9.17, 15) is 9.59 Å². The van der Waals surface area contributed by atoms with Gasteiger partial charge in [0.15, 0.2) is 0 Å². The maximum absolute atomic E-state index is 12.9. The molecular weight excluding hydrogens is 354 g/mol. The van der Waals surface area contributed by atoms with Crippen molar-refractivity contribution in [2.24, 2.45) is 0 Å². The number of benzene rings is 2. The summed E-state index contributed by atoms with van der Waals surface area (Å²) in [7, 11) is 0. The van der Waals surface area contributed by atoms with E-state index in [1.807, 2.05) is 53.4 Å². The maximum Gasteiger partial charge on any atom is 0.254 e. The number of hydrogen-bond donors (Lipinski definition) is 1. The Hall–Kier alpha value is -2.86. The second-order valence-electron chi connectivity index (χ2n) is 7.35. The SMILES string of the molecule is O=C(CN1CCN(C(=O)c2cccc(Oc3ccccc3)c2)CC1)NC1CC1. The molecule has 1 aliphatic carbocycles. The van der Waals surface area contributed by atoms with Crippen LogP contribution in [0.5, 0.6) is 11.5 Å². The molecule has 1 saturated carbocycles. The minimum Gasteiger partial charge on any atom is -0.457 e. The number of ether oxygens (including phenoxy) is 1. The van der Waals surface area contributed by atoms with Gasteiger partial charge < -0.3 is 15.0 Å². The van der Waals surface area contributed by atoms with Crippen molar-refractivity contribution in [3.05, 3.63) is 60.2 Å². The molecule has 2 aliphatic rings. The van der Waals surface area contributed by atoms with E-state index in [1.54, 1.807) is 6.07 Å². The number of amides is 2. The van der Waals surface area contributed by atoms with E-state index in [0.29, 0.717) is 50.1 Å². The molecule has 1 saturated heterocycles. The number of nitrogens with one attached hydrogen (secondary N) is 1. The summed E-state index contributed by atoms with van der Waals surface area (Å²) in [6.45, 7) is 3.09. The second kappa shape index (κ2) is 8.44. The predicted molar refractivity (Wildman–Crippen MR) is 106 cm³/mol. The quantitative estimate of drug-likeness (QED) is 0.838. The minimum atomic E-state index is 0.000550. The zero-order valence-electron chi connectivity index (χ0n) is 15.8. The van der Waals surface area contributed by atoms with Crippen molar-refractivity contribution in [1.29, 1.82) is 0 Å². The van der Waals surface area contributed by atoms with Crippen molar-refractivity contribution in [3.63, 3.8) is 0 Å². The third kappa shape index (κ3) is 4.89. The third-order valence-corrected chi connectivity index (χ3v) is 5.03. The molecule has 6 nitrogen and oxygen atoms in total. The summed E-state index contributed by atoms with van der Waals surface area (Å²) < 4.78 is 5.83. The number of nitrogens with zero attached hydrogens (tertiary/aromatic N) is 2. The van der Waals surface area contributed by atoms with E-state index in [1.165, 1.54) is 0 Å². The van der Waals surface area contributed by atoms with Gasteiger partial charge in [-0.15, -0.1) is 0 Å². The molecule has 0 atom stereocenters. The first kappa shape index (κ1) is 18.5. The fourth-order valence-electron chi connectivity index (χ4n) is 3.31. The largest absolute Gasteiger partial charge is 0.457 e. The molecule has 0 unspecified atom stereocenters. The van der Waals surface area contributed by atoms with Gasteiger partial charge in [-0.05, 0) is 43.2 Å². The van der Waals surface area contributed by atoms with E-state index in [0.717, 1.165) is 18.6 Å². The van der Waals surface area contributed by atoms with E-state index in [2.05, 4.69) is 10.2 Å². The van der Waals surface area contributed by atoms with Crippen LogP contribution in [0.1, 0.15) is 23.2 Å². The van der Waals surface area contributed by atoms with Gasteiger partial charge in [-0.3, -0.25) is 14.5 Å². The van der Waals surface area contributed by atoms with Crippen LogP contribution in [0.2, 0.25) is 0 Å². The fourth-order valence-corrected chi connectivity index (χ4v) is 3.31. The third-order valence-electron chi connectivity index (χ3n) is 5.03. The average Bonchev–Trinajstić information content (AvgIpc) is 3.53. The molecule has 1 N–H and O–H groups in total. The van der Waals surface area contributed by atoms with Crippen molar-refractivity contribution in [1.82, 2.24) is 15.1 Å². The van der Waals surface area contributed by atoms with Crippen molar-refractivity contribution in [2.75, 3.05) is 32.7 Å². The normalized spacial score (nSPS) is 17.2. The number of piperazine rings is 1. The van der Waals surface area contributed by atoms with Gasteiger partial charge in [0.25, 0.3) is 5.91 Å². The molecule has 0 bridgehead atoms. The predicted octanol–water partition coefficient (Wildman–Crippen LogP) is 2.52. The van der Waals surface area contributed by atoms with E-state index >= 15 is 0 Å². The Morgan fingerprint density at radius 2 is 1.64 bits per heavy atom. The van der Waals surface area contributed by atoms with Gasteiger partial charge in [-0.2, -0.15) is 0 Å². The Labute approximate surface area is 165 Å². The molecular formula is C22H25N3O3. The summed E-state index contributed by atoms with van der Waals surface area (Å²) in [5, 5.41) is 3.01. The first-order valence-electron chi connectivity index (χ1n) is 9.81. The van der Waals surface area contributed by atoms with Crippen LogP contribution in [0.4, 0.5) is 0 Å². The molecule has 2 aromatic carbocycles. The highest BCUT2D eigenvalue weighted by Crippen LogP contribution is 2.23. The molecule has 4 rings (SSSR count). The summed E-state index contributed by atoms with van der Waals surface area (Å²) in [5.41, 5.74) is 0.619. The maximum atomic E-state index is 12.9. The van der Waals surface area contributed by atoms with Crippen molar-refractivity contribution < 1.29 is 14.3 Å². The summed E-state index contributed by atoms with van der Waals surface area (Å²) in [5.74, 6) is 1.48. The zero-order valence-corrected chi connectivity index (χ0v) is 15.8. The Bertz CT molecular complexity index is 828. The molecule has 1 aliphatic heterocycles. The van der Waals surface area contributed by atoms with Crippen molar-refractivity contribution >= 4 is 11.8 Å². The number of rotatable bonds is 6. The van der Waals surface area contributed by atoms with E-state index in [4.69, 9.17) is 4.74 Å². The first-order chi connectivity index (χ1) is 13.7. The molecule has 0 radical (unpaired) electrons. The standard InChI is InChI=1S/C22H25N3O3/c26-21(23-18-9-10-18)16-24-11-13-25(14-12-24)22(27)17-5-4-8-20(15-17)28-19-6-2-1-3-7-19/h1-8,15,18H,9-14,16H2,(H,23,26). The summed E-state index contributed by atoms with van der Waals surface area (Å²) in [6.07, 6.45) is 2.20. The highest BCUT2D eigenvalue weighted by molar-refractivity contribution is 5.94. The van der Waals surface area contributed by atoms with Crippen LogP contribution in [0.15, 0.2) is 54.6 Å². The lowest BCUT2D eigenvalue weighted by molar-refractivity contribution is -0.122. The Kier molecular flexibility index (Phi) is 5.58. The lowest BCUT2D eigenvalue weighted by atomic mass is 10.1. The van der Waals surface area contributed by atoms with Gasteiger partial charge in [0.2, 0.25) is 5.91 Å². The fraction of sp³-hybridized carbons (Fsp3) is 0.364. The van der Waals surface area contributed by atoms with Gasteiger partial charge in [0.05, 0.1) is 6.54 Å². The van der Waals surface area contributed by atoms with Crippen LogP contribution < -0.4 is 10.1 Å². The summed E-state index contributed by atoms with van der Waals surface area (Å²) in [4.78, 5) is 28.8. The summed E-state index contributed by atoms with van der Waals surface area (Å²) >= 11 is 0. The molecule has 2 amide bonds. The molecule has 6 heteroatoms. The molecule has 146 valence electrons. The first-order valence-corrected chi connectivity index (χ1v) is 9.81. The molecule has 2 fully saturated rings. The number of hydrogen-bond acceptors (Lipinski definition) is 4. The number of carbonyl (C=O) groups is 2. The van der Waals surface area contributed by atoms with Crippen LogP contribution in [0.25, 0.3) is 0 Å². The smallest absolute Gasteiger partial charge is 0.254 e. The molecule has 2 aromatic rings. The van der Waals surface area contributed by atoms with E-state index < -0.39 is 0 Å². The van der Waals surface area contributed by atoms with Crippen molar-refractivity contribution in [3.8, 4) is 11.5 Å². The topological polar surface area (TPSA) is 61.9 Å². The average molecular weight is 379 g/mol. The minimum absolute atomic E-state index is 0.000550. The lowest BCUT2D eigenvalue weighted by Gasteiger charge is -2.34. The van der Waals surface area contributed by atoms with Crippen LogP contribution in [0.3, 0.4) is 0 Å². The lowest BCUT2D eigenvalue weighted by Crippen LogP contribution is -2.51. The number of para-hydroxylation sites is 1. The molecule has 0 spiro atoms. The van der Waals surface area contributed by atoms with Crippen LogP contribution in [-0.4, -0.2) is 60.4 Å². The Balaban J connectivity index is 1.31.